The monoisotopic (exact) mass is 447 g/mol. The zero-order chi connectivity index (χ0) is 22.3. The van der Waals surface area contributed by atoms with Gasteiger partial charge in [0.1, 0.15) is 0 Å². The van der Waals surface area contributed by atoms with Gasteiger partial charge >= 0.3 is 6.03 Å². The van der Waals surface area contributed by atoms with Crippen molar-refractivity contribution in [1.29, 1.82) is 0 Å². The molecule has 7 nitrogen and oxygen atoms in total. The zero-order valence-corrected chi connectivity index (χ0v) is 18.7. The molecule has 0 unspecified atom stereocenters. The minimum Gasteiger partial charge on any atom is -0.338 e. The van der Waals surface area contributed by atoms with Crippen LogP contribution >= 0.6 is 11.8 Å². The van der Waals surface area contributed by atoms with Crippen molar-refractivity contribution in [1.82, 2.24) is 19.8 Å². The molecule has 1 fully saturated rings. The lowest BCUT2D eigenvalue weighted by molar-refractivity contribution is -0.129. The van der Waals surface area contributed by atoms with E-state index in [1.807, 2.05) is 73.7 Å². The number of nitrogens with one attached hydrogen (secondary N) is 1. The minimum atomic E-state index is -0.140. The molecule has 1 N–H and O–H groups in total. The van der Waals surface area contributed by atoms with E-state index in [-0.39, 0.29) is 17.7 Å². The second-order valence-corrected chi connectivity index (χ2v) is 8.44. The molecule has 3 aromatic rings. The number of rotatable bonds is 5. The van der Waals surface area contributed by atoms with Crippen LogP contribution in [-0.4, -0.2) is 63.6 Å². The van der Waals surface area contributed by atoms with Crippen molar-refractivity contribution >= 4 is 29.4 Å². The van der Waals surface area contributed by atoms with Crippen LogP contribution in [0.5, 0.6) is 0 Å². The van der Waals surface area contributed by atoms with E-state index in [9.17, 15) is 9.59 Å². The van der Waals surface area contributed by atoms with Crippen molar-refractivity contribution in [2.75, 3.05) is 37.2 Å². The Hall–Kier alpha value is -3.39. The fourth-order valence-corrected chi connectivity index (χ4v) is 4.27. The van der Waals surface area contributed by atoms with E-state index < -0.39 is 0 Å². The Bertz CT molecular complexity index is 1070. The van der Waals surface area contributed by atoms with E-state index in [2.05, 4.69) is 15.3 Å². The summed E-state index contributed by atoms with van der Waals surface area (Å²) < 4.78 is 0. The number of aromatic nitrogens is 2. The summed E-state index contributed by atoms with van der Waals surface area (Å²) >= 11 is 1.35. The molecule has 1 saturated heterocycles. The average Bonchev–Trinajstić information content (AvgIpc) is 2.83. The summed E-state index contributed by atoms with van der Waals surface area (Å²) in [4.78, 5) is 37.8. The number of carbonyl (C=O) groups excluding carboxylic acids is 2. The Labute approximate surface area is 191 Å². The highest BCUT2D eigenvalue weighted by molar-refractivity contribution is 7.99. The lowest BCUT2D eigenvalue weighted by Gasteiger charge is -2.34. The van der Waals surface area contributed by atoms with Crippen LogP contribution in [0.4, 0.5) is 10.5 Å². The number of anilines is 1. The normalized spacial score (nSPS) is 13.7. The second kappa shape index (κ2) is 10.3. The van der Waals surface area contributed by atoms with Gasteiger partial charge in [-0.2, -0.15) is 0 Å². The van der Waals surface area contributed by atoms with Crippen molar-refractivity contribution in [2.45, 2.75) is 12.1 Å². The Balaban J connectivity index is 1.28. The number of hydrogen-bond acceptors (Lipinski definition) is 5. The van der Waals surface area contributed by atoms with E-state index >= 15 is 0 Å². The molecule has 1 aromatic heterocycles. The summed E-state index contributed by atoms with van der Waals surface area (Å²) in [7, 11) is 0. The third kappa shape index (κ3) is 5.64. The molecule has 0 spiro atoms. The van der Waals surface area contributed by atoms with Gasteiger partial charge in [0.2, 0.25) is 5.91 Å². The molecule has 2 heterocycles. The molecular weight excluding hydrogens is 422 g/mol. The van der Waals surface area contributed by atoms with E-state index in [0.717, 1.165) is 22.6 Å². The fraction of sp³-hybridized carbons (Fsp3) is 0.250. The number of hydrogen-bond donors (Lipinski definition) is 1. The van der Waals surface area contributed by atoms with Crippen LogP contribution in [0, 0.1) is 6.92 Å². The number of aryl methyl sites for hydroxylation is 1. The zero-order valence-electron chi connectivity index (χ0n) is 17.9. The highest BCUT2D eigenvalue weighted by Gasteiger charge is 2.24. The quantitative estimate of drug-likeness (QED) is 0.474. The van der Waals surface area contributed by atoms with Crippen LogP contribution in [0.1, 0.15) is 5.69 Å². The van der Waals surface area contributed by atoms with Crippen LogP contribution in [0.25, 0.3) is 11.3 Å². The first kappa shape index (κ1) is 21.8. The fourth-order valence-electron chi connectivity index (χ4n) is 3.46. The number of carbonyl (C=O) groups is 2. The smallest absolute Gasteiger partial charge is 0.321 e. The summed E-state index contributed by atoms with van der Waals surface area (Å²) in [6.45, 7) is 3.99. The maximum absolute atomic E-state index is 12.7. The standard InChI is InChI=1S/C24H25N5O2S/c1-18-16-21(19-8-4-2-5-9-19)27-23(25-18)32-17-22(30)28-12-14-29(15-13-28)24(31)26-20-10-6-3-7-11-20/h2-11,16H,12-15,17H2,1H3,(H,26,31). The van der Waals surface area contributed by atoms with Crippen LogP contribution in [0.3, 0.4) is 0 Å². The number of thioether (sulfide) groups is 1. The highest BCUT2D eigenvalue weighted by atomic mass is 32.2. The molecule has 3 amide bonds. The summed E-state index contributed by atoms with van der Waals surface area (Å²) in [6.07, 6.45) is 0. The number of para-hydroxylation sites is 1. The summed E-state index contributed by atoms with van der Waals surface area (Å²) in [5.41, 5.74) is 3.51. The summed E-state index contributed by atoms with van der Waals surface area (Å²) in [5.74, 6) is 0.304. The van der Waals surface area contributed by atoms with E-state index in [1.165, 1.54) is 11.8 Å². The predicted molar refractivity (Wildman–Crippen MR) is 127 cm³/mol. The maximum atomic E-state index is 12.7. The number of benzene rings is 2. The van der Waals surface area contributed by atoms with Gasteiger partial charge in [-0.05, 0) is 25.1 Å². The van der Waals surface area contributed by atoms with Gasteiger partial charge in [-0.25, -0.2) is 14.8 Å². The number of urea groups is 1. The van der Waals surface area contributed by atoms with Gasteiger partial charge in [0.25, 0.3) is 0 Å². The van der Waals surface area contributed by atoms with Crippen molar-refractivity contribution in [2.24, 2.45) is 0 Å². The first-order valence-electron chi connectivity index (χ1n) is 10.5. The van der Waals surface area contributed by atoms with Crippen LogP contribution in [0.2, 0.25) is 0 Å². The van der Waals surface area contributed by atoms with Crippen molar-refractivity contribution in [3.8, 4) is 11.3 Å². The first-order valence-corrected chi connectivity index (χ1v) is 11.5. The molecule has 0 radical (unpaired) electrons. The molecule has 0 bridgehead atoms. The SMILES string of the molecule is Cc1cc(-c2ccccc2)nc(SCC(=O)N2CCN(C(=O)Nc3ccccc3)CC2)n1. The lowest BCUT2D eigenvalue weighted by atomic mass is 10.1. The third-order valence-electron chi connectivity index (χ3n) is 5.17. The Morgan fingerprint density at radius 2 is 1.53 bits per heavy atom. The van der Waals surface area contributed by atoms with Gasteiger partial charge in [-0.15, -0.1) is 0 Å². The number of amides is 3. The van der Waals surface area contributed by atoms with Gasteiger partial charge < -0.3 is 15.1 Å². The summed E-state index contributed by atoms with van der Waals surface area (Å²) in [6, 6.07) is 21.1. The van der Waals surface area contributed by atoms with E-state index in [1.54, 1.807) is 9.80 Å². The molecule has 8 heteroatoms. The highest BCUT2D eigenvalue weighted by Crippen LogP contribution is 2.22. The first-order chi connectivity index (χ1) is 15.6. The van der Waals surface area contributed by atoms with Gasteiger partial charge in [0.05, 0.1) is 11.4 Å². The van der Waals surface area contributed by atoms with Crippen LogP contribution in [0.15, 0.2) is 71.9 Å². The predicted octanol–water partition coefficient (Wildman–Crippen LogP) is 3.92. The van der Waals surface area contributed by atoms with Crippen molar-refractivity contribution in [3.63, 3.8) is 0 Å². The molecule has 0 aliphatic carbocycles. The molecule has 32 heavy (non-hydrogen) atoms. The lowest BCUT2D eigenvalue weighted by Crippen LogP contribution is -2.52. The second-order valence-electron chi connectivity index (χ2n) is 7.50. The van der Waals surface area contributed by atoms with Gasteiger partial charge in [0, 0.05) is 43.1 Å². The van der Waals surface area contributed by atoms with Gasteiger partial charge in [0.15, 0.2) is 5.16 Å². The Kier molecular flexibility index (Phi) is 7.01. The Morgan fingerprint density at radius 3 is 2.22 bits per heavy atom. The maximum Gasteiger partial charge on any atom is 0.321 e. The van der Waals surface area contributed by atoms with Gasteiger partial charge in [-0.3, -0.25) is 4.79 Å². The molecule has 1 aliphatic rings. The largest absolute Gasteiger partial charge is 0.338 e. The van der Waals surface area contributed by atoms with Crippen LogP contribution < -0.4 is 5.32 Å². The van der Waals surface area contributed by atoms with Crippen LogP contribution in [-0.2, 0) is 4.79 Å². The molecule has 164 valence electrons. The third-order valence-corrected chi connectivity index (χ3v) is 6.00. The summed E-state index contributed by atoms with van der Waals surface area (Å²) in [5, 5.41) is 3.48. The molecule has 0 atom stereocenters. The van der Waals surface area contributed by atoms with Gasteiger partial charge in [-0.1, -0.05) is 60.3 Å². The molecule has 1 aliphatic heterocycles. The molecular formula is C24H25N5O2S. The number of piperazine rings is 1. The Morgan fingerprint density at radius 1 is 0.906 bits per heavy atom. The van der Waals surface area contributed by atoms with Crippen molar-refractivity contribution in [3.05, 3.63) is 72.4 Å². The van der Waals surface area contributed by atoms with Crippen molar-refractivity contribution < 1.29 is 9.59 Å². The average molecular weight is 448 g/mol. The molecule has 0 saturated carbocycles. The van der Waals surface area contributed by atoms with E-state index in [0.29, 0.717) is 31.3 Å². The topological polar surface area (TPSA) is 78.4 Å². The van der Waals surface area contributed by atoms with E-state index in [4.69, 9.17) is 0 Å². The molecule has 2 aromatic carbocycles. The molecule has 4 rings (SSSR count). The minimum absolute atomic E-state index is 0.0319. The number of nitrogens with zero attached hydrogens (tertiary/aromatic N) is 4.